The molecule has 0 amide bonds. The minimum atomic E-state index is -0.949. The Bertz CT molecular complexity index is 297. The van der Waals surface area contributed by atoms with Gasteiger partial charge in [-0.1, -0.05) is 0 Å². The standard InChI is InChI=1S/C8H10N2O3/c1-5(8(12)13)10-7-3-2-6(11)4-9-7/h2-5,11H,1H3,(H,9,10)(H,12,13)/t5-/m0/s1. The topological polar surface area (TPSA) is 82.5 Å². The van der Waals surface area contributed by atoms with Gasteiger partial charge in [-0.3, -0.25) is 4.79 Å². The molecule has 0 aliphatic heterocycles. The molecule has 0 saturated carbocycles. The molecule has 1 aromatic heterocycles. The van der Waals surface area contributed by atoms with Crippen LogP contribution in [-0.4, -0.2) is 27.2 Å². The third kappa shape index (κ3) is 2.62. The van der Waals surface area contributed by atoms with E-state index in [9.17, 15) is 4.79 Å². The highest BCUT2D eigenvalue weighted by Gasteiger charge is 2.09. The number of aliphatic carboxylic acids is 1. The van der Waals surface area contributed by atoms with Crippen molar-refractivity contribution in [3.63, 3.8) is 0 Å². The van der Waals surface area contributed by atoms with E-state index in [1.165, 1.54) is 25.3 Å². The fraction of sp³-hybridized carbons (Fsp3) is 0.250. The fourth-order valence-electron chi connectivity index (χ4n) is 0.755. The molecule has 1 heterocycles. The van der Waals surface area contributed by atoms with E-state index in [1.54, 1.807) is 0 Å². The summed E-state index contributed by atoms with van der Waals surface area (Å²) in [7, 11) is 0. The van der Waals surface area contributed by atoms with E-state index in [0.717, 1.165) is 0 Å². The molecule has 0 bridgehead atoms. The first kappa shape index (κ1) is 9.31. The van der Waals surface area contributed by atoms with Crippen molar-refractivity contribution < 1.29 is 15.0 Å². The molecule has 70 valence electrons. The minimum absolute atomic E-state index is 0.0496. The molecule has 0 aliphatic rings. The molecule has 0 radical (unpaired) electrons. The molecule has 1 atom stereocenters. The number of nitrogens with zero attached hydrogens (tertiary/aromatic N) is 1. The smallest absolute Gasteiger partial charge is 0.325 e. The van der Waals surface area contributed by atoms with Crippen LogP contribution in [0.4, 0.5) is 5.82 Å². The average Bonchev–Trinajstić information content (AvgIpc) is 2.08. The van der Waals surface area contributed by atoms with Gasteiger partial charge in [0.15, 0.2) is 0 Å². The monoisotopic (exact) mass is 182 g/mol. The largest absolute Gasteiger partial charge is 0.506 e. The maximum absolute atomic E-state index is 10.4. The summed E-state index contributed by atoms with van der Waals surface area (Å²) in [5.74, 6) is -0.476. The molecule has 0 spiro atoms. The first-order valence-corrected chi connectivity index (χ1v) is 3.74. The van der Waals surface area contributed by atoms with Crippen molar-refractivity contribution in [3.8, 4) is 5.75 Å². The van der Waals surface area contributed by atoms with Gasteiger partial charge < -0.3 is 15.5 Å². The second-order valence-electron chi connectivity index (χ2n) is 2.61. The van der Waals surface area contributed by atoms with Gasteiger partial charge in [0, 0.05) is 0 Å². The van der Waals surface area contributed by atoms with Crippen molar-refractivity contribution in [2.45, 2.75) is 13.0 Å². The number of aromatic hydroxyl groups is 1. The summed E-state index contributed by atoms with van der Waals surface area (Å²) >= 11 is 0. The molecular weight excluding hydrogens is 172 g/mol. The lowest BCUT2D eigenvalue weighted by Crippen LogP contribution is -2.25. The van der Waals surface area contributed by atoms with Crippen molar-refractivity contribution in [2.24, 2.45) is 0 Å². The van der Waals surface area contributed by atoms with Gasteiger partial charge in [-0.05, 0) is 19.1 Å². The van der Waals surface area contributed by atoms with Gasteiger partial charge in [0.2, 0.25) is 0 Å². The molecule has 0 fully saturated rings. The Labute approximate surface area is 75.0 Å². The second-order valence-corrected chi connectivity index (χ2v) is 2.61. The van der Waals surface area contributed by atoms with E-state index in [1.807, 2.05) is 0 Å². The van der Waals surface area contributed by atoms with Crippen LogP contribution in [0, 0.1) is 0 Å². The van der Waals surface area contributed by atoms with Gasteiger partial charge in [-0.2, -0.15) is 0 Å². The number of rotatable bonds is 3. The molecular formula is C8H10N2O3. The molecule has 0 saturated heterocycles. The van der Waals surface area contributed by atoms with Gasteiger partial charge in [0.1, 0.15) is 17.6 Å². The summed E-state index contributed by atoms with van der Waals surface area (Å²) in [5, 5.41) is 20.1. The van der Waals surface area contributed by atoms with Crippen LogP contribution < -0.4 is 5.32 Å². The van der Waals surface area contributed by atoms with E-state index in [2.05, 4.69) is 10.3 Å². The number of carboxylic acid groups (broad SMARTS) is 1. The molecule has 0 aromatic carbocycles. The Morgan fingerprint density at radius 1 is 1.62 bits per heavy atom. The lowest BCUT2D eigenvalue weighted by atomic mass is 10.3. The number of carbonyl (C=O) groups is 1. The van der Waals surface area contributed by atoms with E-state index in [4.69, 9.17) is 10.2 Å². The highest BCUT2D eigenvalue weighted by atomic mass is 16.4. The normalized spacial score (nSPS) is 12.1. The van der Waals surface area contributed by atoms with Gasteiger partial charge in [-0.15, -0.1) is 0 Å². The molecule has 0 aliphatic carbocycles. The van der Waals surface area contributed by atoms with Gasteiger partial charge in [0.05, 0.1) is 6.20 Å². The van der Waals surface area contributed by atoms with Crippen molar-refractivity contribution in [1.29, 1.82) is 0 Å². The summed E-state index contributed by atoms with van der Waals surface area (Å²) < 4.78 is 0. The van der Waals surface area contributed by atoms with Crippen LogP contribution in [0.2, 0.25) is 0 Å². The summed E-state index contributed by atoms with van der Waals surface area (Å²) in [6.07, 6.45) is 1.25. The first-order valence-electron chi connectivity index (χ1n) is 3.74. The Kier molecular flexibility index (Phi) is 2.69. The van der Waals surface area contributed by atoms with Crippen molar-refractivity contribution in [2.75, 3.05) is 5.32 Å². The quantitative estimate of drug-likeness (QED) is 0.640. The van der Waals surface area contributed by atoms with Crippen LogP contribution in [0.15, 0.2) is 18.3 Å². The first-order chi connectivity index (χ1) is 6.09. The molecule has 0 unspecified atom stereocenters. The third-order valence-electron chi connectivity index (χ3n) is 1.48. The molecule has 13 heavy (non-hydrogen) atoms. The number of aromatic nitrogens is 1. The molecule has 5 nitrogen and oxygen atoms in total. The Morgan fingerprint density at radius 2 is 2.31 bits per heavy atom. The summed E-state index contributed by atoms with van der Waals surface area (Å²) in [6, 6.07) is 2.25. The highest BCUT2D eigenvalue weighted by molar-refractivity contribution is 5.76. The third-order valence-corrected chi connectivity index (χ3v) is 1.48. The van der Waals surface area contributed by atoms with Crippen LogP contribution in [-0.2, 0) is 4.79 Å². The maximum Gasteiger partial charge on any atom is 0.325 e. The zero-order valence-electron chi connectivity index (χ0n) is 7.06. The van der Waals surface area contributed by atoms with Crippen LogP contribution in [0.25, 0.3) is 0 Å². The second kappa shape index (κ2) is 3.75. The fourth-order valence-corrected chi connectivity index (χ4v) is 0.755. The van der Waals surface area contributed by atoms with Gasteiger partial charge in [-0.25, -0.2) is 4.98 Å². The number of hydrogen-bond donors (Lipinski definition) is 3. The maximum atomic E-state index is 10.4. The highest BCUT2D eigenvalue weighted by Crippen LogP contribution is 2.10. The Hall–Kier alpha value is -1.78. The van der Waals surface area contributed by atoms with Crippen LogP contribution in [0.3, 0.4) is 0 Å². The lowest BCUT2D eigenvalue weighted by Gasteiger charge is -2.08. The summed E-state index contributed by atoms with van der Waals surface area (Å²) in [5.41, 5.74) is 0. The average molecular weight is 182 g/mol. The van der Waals surface area contributed by atoms with Crippen LogP contribution >= 0.6 is 0 Å². The Morgan fingerprint density at radius 3 is 2.77 bits per heavy atom. The SMILES string of the molecule is C[C@H](Nc1ccc(O)cn1)C(=O)O. The molecule has 1 rings (SSSR count). The van der Waals surface area contributed by atoms with Gasteiger partial charge >= 0.3 is 5.97 Å². The van der Waals surface area contributed by atoms with E-state index >= 15 is 0 Å². The van der Waals surface area contributed by atoms with E-state index in [0.29, 0.717) is 5.82 Å². The summed E-state index contributed by atoms with van der Waals surface area (Å²) in [6.45, 7) is 1.51. The van der Waals surface area contributed by atoms with Crippen LogP contribution in [0.5, 0.6) is 5.75 Å². The van der Waals surface area contributed by atoms with Gasteiger partial charge in [0.25, 0.3) is 0 Å². The Balaban J connectivity index is 2.64. The van der Waals surface area contributed by atoms with Crippen molar-refractivity contribution >= 4 is 11.8 Å². The van der Waals surface area contributed by atoms with E-state index < -0.39 is 12.0 Å². The number of nitrogens with one attached hydrogen (secondary N) is 1. The number of anilines is 1. The predicted molar refractivity (Wildman–Crippen MR) is 46.6 cm³/mol. The molecule has 3 N–H and O–H groups in total. The van der Waals surface area contributed by atoms with E-state index in [-0.39, 0.29) is 5.75 Å². The zero-order chi connectivity index (χ0) is 9.84. The molecule has 5 heteroatoms. The lowest BCUT2D eigenvalue weighted by molar-refractivity contribution is -0.137. The summed E-state index contributed by atoms with van der Waals surface area (Å²) in [4.78, 5) is 14.2. The minimum Gasteiger partial charge on any atom is -0.506 e. The van der Waals surface area contributed by atoms with Crippen LogP contribution in [0.1, 0.15) is 6.92 Å². The zero-order valence-corrected chi connectivity index (χ0v) is 7.06. The molecule has 1 aromatic rings. The van der Waals surface area contributed by atoms with Crippen molar-refractivity contribution in [1.82, 2.24) is 4.98 Å². The number of hydrogen-bond acceptors (Lipinski definition) is 4. The predicted octanol–water partition coefficient (Wildman–Crippen LogP) is 0.672. The number of pyridine rings is 1. The number of carboxylic acids is 1. The van der Waals surface area contributed by atoms with Crippen molar-refractivity contribution in [3.05, 3.63) is 18.3 Å².